The summed E-state index contributed by atoms with van der Waals surface area (Å²) in [6.07, 6.45) is 2.67. The van der Waals surface area contributed by atoms with Crippen LogP contribution >= 0.6 is 11.3 Å². The fourth-order valence-electron chi connectivity index (χ4n) is 3.88. The van der Waals surface area contributed by atoms with Crippen molar-refractivity contribution < 1.29 is 19.2 Å². The highest BCUT2D eigenvalue weighted by Gasteiger charge is 2.28. The molecule has 10 heteroatoms. The van der Waals surface area contributed by atoms with E-state index in [1.165, 1.54) is 18.3 Å². The lowest BCUT2D eigenvalue weighted by atomic mass is 10.1. The summed E-state index contributed by atoms with van der Waals surface area (Å²) in [4.78, 5) is 51.4. The lowest BCUT2D eigenvalue weighted by Crippen LogP contribution is -2.45. The highest BCUT2D eigenvalue weighted by Crippen LogP contribution is 2.38. The Morgan fingerprint density at radius 3 is 2.27 bits per heavy atom. The molecule has 1 aliphatic rings. The first-order valence-electron chi connectivity index (χ1n) is 10.9. The van der Waals surface area contributed by atoms with Gasteiger partial charge < -0.3 is 21.7 Å². The summed E-state index contributed by atoms with van der Waals surface area (Å²) >= 11 is 1.41. The van der Waals surface area contributed by atoms with Crippen molar-refractivity contribution >= 4 is 51.3 Å². The van der Waals surface area contributed by atoms with E-state index in [1.807, 2.05) is 6.92 Å². The van der Waals surface area contributed by atoms with Gasteiger partial charge in [0.15, 0.2) is 0 Å². The van der Waals surface area contributed by atoms with Crippen molar-refractivity contribution in [3.63, 3.8) is 0 Å². The van der Waals surface area contributed by atoms with E-state index in [2.05, 4.69) is 16.0 Å². The molecule has 1 aromatic carbocycles. The second-order valence-corrected chi connectivity index (χ2v) is 9.07. The SMILES string of the molecule is CCN(CC(=O)Nc1ccc(NC(C)=O)cc1)C(C)C(=O)Nc1sc2c(c1C(N)=O)CCC2. The van der Waals surface area contributed by atoms with Crippen LogP contribution in [0.15, 0.2) is 24.3 Å². The maximum atomic E-state index is 12.9. The number of carbonyl (C=O) groups is 4. The number of hydrogen-bond donors (Lipinski definition) is 4. The minimum absolute atomic E-state index is 0.0160. The van der Waals surface area contributed by atoms with E-state index in [-0.39, 0.29) is 24.3 Å². The Hall–Kier alpha value is -3.24. The molecule has 0 saturated carbocycles. The molecule has 5 N–H and O–H groups in total. The normalized spacial score (nSPS) is 13.3. The van der Waals surface area contributed by atoms with Gasteiger partial charge in [0.25, 0.3) is 5.91 Å². The molecule has 1 aromatic heterocycles. The Kier molecular flexibility index (Phi) is 7.83. The van der Waals surface area contributed by atoms with E-state index in [0.29, 0.717) is 28.5 Å². The third kappa shape index (κ3) is 5.96. The van der Waals surface area contributed by atoms with Gasteiger partial charge in [-0.05, 0) is 62.6 Å². The number of likely N-dealkylation sites (N-methyl/N-ethyl adjacent to an activating group) is 1. The number of amides is 4. The molecule has 1 aliphatic carbocycles. The molecule has 3 rings (SSSR count). The van der Waals surface area contributed by atoms with E-state index in [9.17, 15) is 19.2 Å². The number of carbonyl (C=O) groups excluding carboxylic acids is 4. The number of fused-ring (bicyclic) bond motifs is 1. The van der Waals surface area contributed by atoms with Crippen molar-refractivity contribution in [2.45, 2.75) is 46.1 Å². The first-order valence-corrected chi connectivity index (χ1v) is 11.7. The molecule has 0 bridgehead atoms. The fourth-order valence-corrected chi connectivity index (χ4v) is 5.18. The number of thiophene rings is 1. The quantitative estimate of drug-likeness (QED) is 0.446. The summed E-state index contributed by atoms with van der Waals surface area (Å²) in [7, 11) is 0. The molecule has 2 aromatic rings. The molecule has 1 heterocycles. The van der Waals surface area contributed by atoms with Gasteiger partial charge in [0, 0.05) is 23.2 Å². The maximum absolute atomic E-state index is 12.9. The van der Waals surface area contributed by atoms with Crippen molar-refractivity contribution in [3.8, 4) is 0 Å². The first kappa shape index (κ1) is 24.4. The zero-order chi connectivity index (χ0) is 24.1. The average Bonchev–Trinajstić information content (AvgIpc) is 3.33. The number of hydrogen-bond acceptors (Lipinski definition) is 6. The van der Waals surface area contributed by atoms with Crippen molar-refractivity contribution in [1.29, 1.82) is 0 Å². The predicted molar refractivity (Wildman–Crippen MR) is 130 cm³/mol. The Morgan fingerprint density at radius 2 is 1.70 bits per heavy atom. The second-order valence-electron chi connectivity index (χ2n) is 7.96. The molecular formula is C23H29N5O4S. The topological polar surface area (TPSA) is 134 Å². The van der Waals surface area contributed by atoms with Gasteiger partial charge in [0.05, 0.1) is 18.2 Å². The molecule has 9 nitrogen and oxygen atoms in total. The Morgan fingerprint density at radius 1 is 1.06 bits per heavy atom. The molecule has 4 amide bonds. The van der Waals surface area contributed by atoms with Crippen LogP contribution < -0.4 is 21.7 Å². The number of benzene rings is 1. The molecular weight excluding hydrogens is 442 g/mol. The largest absolute Gasteiger partial charge is 0.365 e. The van der Waals surface area contributed by atoms with Crippen molar-refractivity contribution in [1.82, 2.24) is 4.90 Å². The second kappa shape index (κ2) is 10.6. The summed E-state index contributed by atoms with van der Waals surface area (Å²) in [6.45, 7) is 5.51. The summed E-state index contributed by atoms with van der Waals surface area (Å²) < 4.78 is 0. The van der Waals surface area contributed by atoms with Crippen molar-refractivity contribution in [3.05, 3.63) is 40.3 Å². The Balaban J connectivity index is 1.61. The molecule has 1 unspecified atom stereocenters. The zero-order valence-corrected chi connectivity index (χ0v) is 19.8. The number of nitrogens with two attached hydrogens (primary N) is 1. The van der Waals surface area contributed by atoms with Gasteiger partial charge in [0.1, 0.15) is 5.00 Å². The van der Waals surface area contributed by atoms with Crippen LogP contribution in [0.2, 0.25) is 0 Å². The Bertz CT molecular complexity index is 1060. The number of aryl methyl sites for hydroxylation is 1. The number of anilines is 3. The van der Waals surface area contributed by atoms with Gasteiger partial charge in [-0.15, -0.1) is 11.3 Å². The summed E-state index contributed by atoms with van der Waals surface area (Å²) in [6, 6.07) is 6.17. The van der Waals surface area contributed by atoms with E-state index in [1.54, 1.807) is 36.1 Å². The predicted octanol–water partition coefficient (Wildman–Crippen LogP) is 2.58. The molecule has 1 atom stereocenters. The lowest BCUT2D eigenvalue weighted by molar-refractivity contribution is -0.123. The maximum Gasteiger partial charge on any atom is 0.251 e. The molecule has 176 valence electrons. The number of rotatable bonds is 9. The van der Waals surface area contributed by atoms with Gasteiger partial charge in [0.2, 0.25) is 17.7 Å². The molecule has 0 fully saturated rings. The van der Waals surface area contributed by atoms with Crippen LogP contribution in [0.5, 0.6) is 0 Å². The van der Waals surface area contributed by atoms with Crippen LogP contribution in [-0.4, -0.2) is 47.7 Å². The zero-order valence-electron chi connectivity index (χ0n) is 19.0. The van der Waals surface area contributed by atoms with Gasteiger partial charge >= 0.3 is 0 Å². The summed E-state index contributed by atoms with van der Waals surface area (Å²) in [5.74, 6) is -1.27. The fraction of sp³-hybridized carbons (Fsp3) is 0.391. The van der Waals surface area contributed by atoms with Crippen LogP contribution in [0, 0.1) is 0 Å². The molecule has 0 aliphatic heterocycles. The monoisotopic (exact) mass is 471 g/mol. The molecule has 0 saturated heterocycles. The highest BCUT2D eigenvalue weighted by atomic mass is 32.1. The number of primary amides is 1. The van der Waals surface area contributed by atoms with Gasteiger partial charge in [-0.1, -0.05) is 6.92 Å². The van der Waals surface area contributed by atoms with Crippen LogP contribution in [0.25, 0.3) is 0 Å². The average molecular weight is 472 g/mol. The third-order valence-corrected chi connectivity index (χ3v) is 6.78. The van der Waals surface area contributed by atoms with Gasteiger partial charge in [-0.25, -0.2) is 0 Å². The van der Waals surface area contributed by atoms with Gasteiger partial charge in [-0.2, -0.15) is 0 Å². The smallest absolute Gasteiger partial charge is 0.251 e. The molecule has 33 heavy (non-hydrogen) atoms. The van der Waals surface area contributed by atoms with Gasteiger partial charge in [-0.3, -0.25) is 24.1 Å². The first-order chi connectivity index (χ1) is 15.7. The Labute approximate surface area is 196 Å². The van der Waals surface area contributed by atoms with Crippen LogP contribution in [0.4, 0.5) is 16.4 Å². The highest BCUT2D eigenvalue weighted by molar-refractivity contribution is 7.17. The molecule has 0 spiro atoms. The molecule has 0 radical (unpaired) electrons. The minimum Gasteiger partial charge on any atom is -0.365 e. The minimum atomic E-state index is -0.597. The van der Waals surface area contributed by atoms with Crippen LogP contribution in [0.1, 0.15) is 48.0 Å². The van der Waals surface area contributed by atoms with E-state index in [4.69, 9.17) is 5.73 Å². The summed E-state index contributed by atoms with van der Waals surface area (Å²) in [5.41, 5.74) is 8.16. The lowest BCUT2D eigenvalue weighted by Gasteiger charge is -2.26. The van der Waals surface area contributed by atoms with E-state index >= 15 is 0 Å². The standard InChI is InChI=1S/C23H29N5O4S/c1-4-28(12-19(30)26-16-10-8-15(9-11-16)25-14(3)29)13(2)22(32)27-23-20(21(24)31)17-6-5-7-18(17)33-23/h8-11,13H,4-7,12H2,1-3H3,(H2,24,31)(H,25,29)(H,26,30)(H,27,32). The third-order valence-electron chi connectivity index (χ3n) is 5.57. The van der Waals surface area contributed by atoms with Crippen molar-refractivity contribution in [2.75, 3.05) is 29.0 Å². The number of nitrogens with zero attached hydrogens (tertiary/aromatic N) is 1. The summed E-state index contributed by atoms with van der Waals surface area (Å²) in [5, 5.41) is 8.80. The van der Waals surface area contributed by atoms with Crippen LogP contribution in [-0.2, 0) is 27.2 Å². The van der Waals surface area contributed by atoms with E-state index < -0.39 is 11.9 Å². The van der Waals surface area contributed by atoms with Crippen LogP contribution in [0.3, 0.4) is 0 Å². The number of nitrogens with one attached hydrogen (secondary N) is 3. The van der Waals surface area contributed by atoms with E-state index in [0.717, 1.165) is 29.7 Å². The van der Waals surface area contributed by atoms with Crippen molar-refractivity contribution in [2.24, 2.45) is 5.73 Å².